The number of hydrogen-bond donors (Lipinski definition) is 2. The van der Waals surface area contributed by atoms with E-state index in [1.165, 1.54) is 0 Å². The number of carbonyl (C=O) groups excluding carboxylic acids is 2. The first kappa shape index (κ1) is 23.4. The molecule has 1 atom stereocenters. The molecule has 7 nitrogen and oxygen atoms in total. The minimum Gasteiger partial charge on any atom is -0.511 e. The first-order valence-corrected chi connectivity index (χ1v) is 11.1. The summed E-state index contributed by atoms with van der Waals surface area (Å²) < 4.78 is 5.44. The molecule has 1 aromatic rings. The van der Waals surface area contributed by atoms with Crippen molar-refractivity contribution < 1.29 is 24.3 Å². The second-order valence-corrected chi connectivity index (χ2v) is 10.5. The molecule has 2 N–H and O–H groups in total. The Kier molecular flexibility index (Phi) is 6.56. The number of carbonyl (C=O) groups is 2. The van der Waals surface area contributed by atoms with Crippen LogP contribution in [0.25, 0.3) is 0 Å². The van der Waals surface area contributed by atoms with Crippen LogP contribution in [0.4, 0.5) is 0 Å². The molecule has 1 saturated carbocycles. The number of aromatic nitrogens is 1. The van der Waals surface area contributed by atoms with Gasteiger partial charge in [0.05, 0.1) is 29.5 Å². The van der Waals surface area contributed by atoms with Crippen LogP contribution in [0, 0.1) is 10.8 Å². The smallest absolute Gasteiger partial charge is 0.168 e. The molecule has 0 bridgehead atoms. The summed E-state index contributed by atoms with van der Waals surface area (Å²) in [7, 11) is 0. The number of ketones is 2. The fourth-order valence-corrected chi connectivity index (χ4v) is 4.56. The summed E-state index contributed by atoms with van der Waals surface area (Å²) in [4.78, 5) is 30.1. The summed E-state index contributed by atoms with van der Waals surface area (Å²) in [5.74, 6) is 0.448. The highest BCUT2D eigenvalue weighted by Crippen LogP contribution is 2.38. The van der Waals surface area contributed by atoms with Crippen LogP contribution in [-0.4, -0.2) is 45.3 Å². The van der Waals surface area contributed by atoms with Gasteiger partial charge in [-0.3, -0.25) is 14.6 Å². The topological polar surface area (TPSA) is 113 Å². The maximum Gasteiger partial charge on any atom is 0.168 e. The Labute approximate surface area is 183 Å². The van der Waals surface area contributed by atoms with Crippen molar-refractivity contribution in [2.75, 3.05) is 6.61 Å². The maximum absolute atomic E-state index is 12.9. The molecule has 1 unspecified atom stereocenters. The summed E-state index contributed by atoms with van der Waals surface area (Å²) >= 11 is 0. The van der Waals surface area contributed by atoms with Gasteiger partial charge in [-0.05, 0) is 23.7 Å². The lowest BCUT2D eigenvalue weighted by atomic mass is 9.73. The van der Waals surface area contributed by atoms with Gasteiger partial charge in [0, 0.05) is 37.8 Å². The number of nitrogens with zero attached hydrogens (tertiary/aromatic N) is 2. The molecule has 3 rings (SSSR count). The molecular formula is C24H34N2O5. The van der Waals surface area contributed by atoms with Crippen LogP contribution in [0.2, 0.25) is 0 Å². The predicted molar refractivity (Wildman–Crippen MR) is 118 cm³/mol. The maximum atomic E-state index is 12.9. The number of hydrogen-bond acceptors (Lipinski definition) is 7. The number of aliphatic imine (C=N–C) groups is 1. The molecular weight excluding hydrogens is 396 g/mol. The van der Waals surface area contributed by atoms with Crippen LogP contribution < -0.4 is 0 Å². The van der Waals surface area contributed by atoms with Crippen LogP contribution >= 0.6 is 0 Å². The zero-order valence-corrected chi connectivity index (χ0v) is 19.2. The van der Waals surface area contributed by atoms with Crippen LogP contribution in [0.15, 0.2) is 20.8 Å². The van der Waals surface area contributed by atoms with Crippen molar-refractivity contribution in [3.63, 3.8) is 0 Å². The Balaban J connectivity index is 1.87. The molecule has 170 valence electrons. The van der Waals surface area contributed by atoms with Crippen LogP contribution in [0.1, 0.15) is 88.5 Å². The van der Waals surface area contributed by atoms with Crippen LogP contribution in [0.5, 0.6) is 0 Å². The highest BCUT2D eigenvalue weighted by atomic mass is 16.5. The number of aliphatic hydroxyl groups is 2. The predicted octanol–water partition coefficient (Wildman–Crippen LogP) is 4.18. The fraction of sp³-hybridized carbons (Fsp3) is 0.667. The van der Waals surface area contributed by atoms with Crippen molar-refractivity contribution in [1.29, 1.82) is 0 Å². The summed E-state index contributed by atoms with van der Waals surface area (Å²) in [6.07, 6.45) is 3.10. The van der Waals surface area contributed by atoms with Gasteiger partial charge in [-0.25, -0.2) is 0 Å². The molecule has 0 saturated heterocycles. The van der Waals surface area contributed by atoms with Crippen molar-refractivity contribution in [3.05, 3.63) is 28.3 Å². The summed E-state index contributed by atoms with van der Waals surface area (Å²) in [5.41, 5.74) is 1.48. The van der Waals surface area contributed by atoms with E-state index in [9.17, 15) is 19.8 Å². The van der Waals surface area contributed by atoms with Crippen molar-refractivity contribution >= 4 is 17.3 Å². The third kappa shape index (κ3) is 5.14. The molecule has 1 aromatic heterocycles. The van der Waals surface area contributed by atoms with Gasteiger partial charge < -0.3 is 14.7 Å². The van der Waals surface area contributed by atoms with Gasteiger partial charge in [-0.15, -0.1) is 0 Å². The number of aryl methyl sites for hydroxylation is 1. The third-order valence-corrected chi connectivity index (χ3v) is 6.15. The SMILES string of the molecule is CCC(CO)N=C1CC(C)(C)CC(=O)/C1=C(/O)CCc1noc2c1C(=O)CC(C)(C)C2. The monoisotopic (exact) mass is 430 g/mol. The Morgan fingerprint density at radius 3 is 2.39 bits per heavy atom. The Hall–Kier alpha value is -2.28. The average molecular weight is 431 g/mol. The second kappa shape index (κ2) is 8.69. The van der Waals surface area contributed by atoms with Gasteiger partial charge in [-0.2, -0.15) is 0 Å². The van der Waals surface area contributed by atoms with Gasteiger partial charge in [0.1, 0.15) is 11.5 Å². The van der Waals surface area contributed by atoms with E-state index in [2.05, 4.69) is 10.1 Å². The van der Waals surface area contributed by atoms with E-state index in [4.69, 9.17) is 4.52 Å². The van der Waals surface area contributed by atoms with Gasteiger partial charge in [0.25, 0.3) is 0 Å². The van der Waals surface area contributed by atoms with E-state index >= 15 is 0 Å². The molecule has 2 aliphatic carbocycles. The van der Waals surface area contributed by atoms with Crippen molar-refractivity contribution in [2.45, 2.75) is 85.6 Å². The Morgan fingerprint density at radius 2 is 1.74 bits per heavy atom. The minimum atomic E-state index is -0.303. The molecule has 0 aliphatic heterocycles. The first-order valence-electron chi connectivity index (χ1n) is 11.1. The molecule has 7 heteroatoms. The number of fused-ring (bicyclic) bond motifs is 1. The largest absolute Gasteiger partial charge is 0.511 e. The molecule has 0 radical (unpaired) electrons. The van der Waals surface area contributed by atoms with Crippen molar-refractivity contribution in [3.8, 4) is 0 Å². The normalized spacial score (nSPS) is 24.3. The average Bonchev–Trinajstić information content (AvgIpc) is 3.04. The summed E-state index contributed by atoms with van der Waals surface area (Å²) in [6.45, 7) is 9.88. The molecule has 1 fully saturated rings. The van der Waals surface area contributed by atoms with Crippen LogP contribution in [0.3, 0.4) is 0 Å². The molecule has 1 heterocycles. The lowest BCUT2D eigenvalue weighted by Gasteiger charge is -2.32. The third-order valence-electron chi connectivity index (χ3n) is 6.15. The Morgan fingerprint density at radius 1 is 1.10 bits per heavy atom. The highest BCUT2D eigenvalue weighted by Gasteiger charge is 2.38. The van der Waals surface area contributed by atoms with E-state index in [1.807, 2.05) is 34.6 Å². The molecule has 0 spiro atoms. The molecule has 0 aromatic carbocycles. The number of Topliss-reactive ketones (excluding diaryl/α,β-unsaturated/α-hetero) is 2. The number of aliphatic hydroxyl groups excluding tert-OH is 2. The van der Waals surface area contributed by atoms with Gasteiger partial charge in [0.2, 0.25) is 0 Å². The van der Waals surface area contributed by atoms with E-state index in [1.54, 1.807) is 0 Å². The fourth-order valence-electron chi connectivity index (χ4n) is 4.56. The van der Waals surface area contributed by atoms with E-state index in [-0.39, 0.29) is 52.8 Å². The summed E-state index contributed by atoms with van der Waals surface area (Å²) in [5, 5.41) is 24.5. The zero-order valence-electron chi connectivity index (χ0n) is 19.2. The summed E-state index contributed by atoms with van der Waals surface area (Å²) in [6, 6.07) is -0.303. The van der Waals surface area contributed by atoms with E-state index in [0.29, 0.717) is 61.3 Å². The van der Waals surface area contributed by atoms with Gasteiger partial charge in [-0.1, -0.05) is 39.8 Å². The quantitative estimate of drug-likeness (QED) is 0.517. The van der Waals surface area contributed by atoms with Crippen molar-refractivity contribution in [2.24, 2.45) is 15.8 Å². The number of allylic oxidation sites excluding steroid dienone is 2. The zero-order chi connectivity index (χ0) is 23.0. The van der Waals surface area contributed by atoms with Gasteiger partial charge in [0.15, 0.2) is 11.6 Å². The number of rotatable bonds is 6. The minimum absolute atomic E-state index is 0.0149. The molecule has 2 aliphatic rings. The lowest BCUT2D eigenvalue weighted by Crippen LogP contribution is -2.34. The molecule has 0 amide bonds. The first-order chi connectivity index (χ1) is 14.5. The van der Waals surface area contributed by atoms with Crippen LogP contribution in [-0.2, 0) is 17.6 Å². The van der Waals surface area contributed by atoms with E-state index in [0.717, 1.165) is 0 Å². The van der Waals surface area contributed by atoms with Crippen molar-refractivity contribution in [1.82, 2.24) is 5.16 Å². The standard InChI is InChI=1S/C24H34N2O5/c1-6-14(13-27)25-16-9-23(2,3)10-18(29)21(16)17(28)8-7-15-22-19(30)11-24(4,5)12-20(22)31-26-15/h14,27-28H,6-13H2,1-5H3/b21-17+,25-16?. The van der Waals surface area contributed by atoms with E-state index < -0.39 is 0 Å². The highest BCUT2D eigenvalue weighted by molar-refractivity contribution is 6.24. The molecule has 31 heavy (non-hydrogen) atoms. The second-order valence-electron chi connectivity index (χ2n) is 10.5. The Bertz CT molecular complexity index is 932. The van der Waals surface area contributed by atoms with Gasteiger partial charge >= 0.3 is 0 Å². The lowest BCUT2D eigenvalue weighted by molar-refractivity contribution is -0.117.